The summed E-state index contributed by atoms with van der Waals surface area (Å²) in [5, 5.41) is 4.80. The lowest BCUT2D eigenvalue weighted by molar-refractivity contribution is -0.116. The molecule has 0 aliphatic rings. The molecule has 0 saturated carbocycles. The number of urea groups is 1. The maximum absolute atomic E-state index is 13.1. The van der Waals surface area contributed by atoms with Crippen molar-refractivity contribution in [1.82, 2.24) is 10.6 Å². The van der Waals surface area contributed by atoms with E-state index >= 15 is 0 Å². The van der Waals surface area contributed by atoms with Gasteiger partial charge >= 0.3 is 6.03 Å². The van der Waals surface area contributed by atoms with E-state index in [4.69, 9.17) is 0 Å². The fourth-order valence-electron chi connectivity index (χ4n) is 1.08. The molecule has 0 aromatic heterocycles. The van der Waals surface area contributed by atoms with Gasteiger partial charge in [-0.15, -0.1) is 0 Å². The summed E-state index contributed by atoms with van der Waals surface area (Å²) < 4.78 is 13.1. The Morgan fingerprint density at radius 1 is 1.25 bits per heavy atom. The van der Waals surface area contributed by atoms with Crippen molar-refractivity contribution in [3.8, 4) is 0 Å². The fraction of sp³-hybridized carbons (Fsp3) is 0.273. The van der Waals surface area contributed by atoms with Crippen molar-refractivity contribution >= 4 is 11.8 Å². The SMILES string of the molecule is CC(=O)CNC(=O)NCc1ccccc1F. The summed E-state index contributed by atoms with van der Waals surface area (Å²) in [5.74, 6) is -0.504. The summed E-state index contributed by atoms with van der Waals surface area (Å²) >= 11 is 0. The number of amides is 2. The van der Waals surface area contributed by atoms with Crippen LogP contribution in [-0.2, 0) is 11.3 Å². The molecule has 0 fully saturated rings. The van der Waals surface area contributed by atoms with Gasteiger partial charge in [0.25, 0.3) is 0 Å². The number of hydrogen-bond donors (Lipinski definition) is 2. The molecule has 0 radical (unpaired) electrons. The molecule has 0 unspecified atom stereocenters. The number of benzene rings is 1. The molecule has 4 nitrogen and oxygen atoms in total. The zero-order valence-electron chi connectivity index (χ0n) is 8.92. The maximum atomic E-state index is 13.1. The van der Waals surface area contributed by atoms with Gasteiger partial charge in [-0.3, -0.25) is 4.79 Å². The van der Waals surface area contributed by atoms with Gasteiger partial charge < -0.3 is 10.6 Å². The van der Waals surface area contributed by atoms with Gasteiger partial charge in [0.15, 0.2) is 0 Å². The third-order valence-corrected chi connectivity index (χ3v) is 1.90. The summed E-state index contributed by atoms with van der Waals surface area (Å²) in [5.41, 5.74) is 0.403. The minimum absolute atomic E-state index is 0.0247. The zero-order valence-corrected chi connectivity index (χ0v) is 8.92. The smallest absolute Gasteiger partial charge is 0.315 e. The van der Waals surface area contributed by atoms with Crippen molar-refractivity contribution in [3.63, 3.8) is 0 Å². The molecule has 2 amide bonds. The normalized spacial score (nSPS) is 9.62. The highest BCUT2D eigenvalue weighted by molar-refractivity contribution is 5.83. The van der Waals surface area contributed by atoms with Crippen LogP contribution in [0.25, 0.3) is 0 Å². The lowest BCUT2D eigenvalue weighted by Crippen LogP contribution is -2.37. The summed E-state index contributed by atoms with van der Waals surface area (Å²) in [7, 11) is 0. The third kappa shape index (κ3) is 4.08. The summed E-state index contributed by atoms with van der Waals surface area (Å²) in [6, 6.07) is 5.69. The van der Waals surface area contributed by atoms with Gasteiger partial charge in [0.1, 0.15) is 11.6 Å². The van der Waals surface area contributed by atoms with Crippen LogP contribution in [0.5, 0.6) is 0 Å². The van der Waals surface area contributed by atoms with E-state index in [0.29, 0.717) is 5.56 Å². The summed E-state index contributed by atoms with van der Waals surface area (Å²) in [4.78, 5) is 21.7. The molecular weight excluding hydrogens is 211 g/mol. The Labute approximate surface area is 92.8 Å². The average Bonchev–Trinajstić information content (AvgIpc) is 2.25. The molecule has 0 heterocycles. The Hall–Kier alpha value is -1.91. The van der Waals surface area contributed by atoms with E-state index in [2.05, 4.69) is 10.6 Å². The predicted octanol–water partition coefficient (Wildman–Crippen LogP) is 1.21. The number of Topliss-reactive ketones (excluding diaryl/α,β-unsaturated/α-hetero) is 1. The number of carbonyl (C=O) groups excluding carboxylic acids is 2. The standard InChI is InChI=1S/C11H13FN2O2/c1-8(15)6-13-11(16)14-7-9-4-2-3-5-10(9)12/h2-5H,6-7H2,1H3,(H2,13,14,16). The predicted molar refractivity (Wildman–Crippen MR) is 57.3 cm³/mol. The van der Waals surface area contributed by atoms with E-state index in [0.717, 1.165) is 0 Å². The van der Waals surface area contributed by atoms with Crippen molar-refractivity contribution < 1.29 is 14.0 Å². The first-order valence-electron chi connectivity index (χ1n) is 4.84. The third-order valence-electron chi connectivity index (χ3n) is 1.90. The first kappa shape index (κ1) is 12.2. The number of rotatable bonds is 4. The average molecular weight is 224 g/mol. The van der Waals surface area contributed by atoms with Crippen molar-refractivity contribution in [1.29, 1.82) is 0 Å². The van der Waals surface area contributed by atoms with Gasteiger partial charge in [-0.25, -0.2) is 9.18 Å². The first-order valence-corrected chi connectivity index (χ1v) is 4.84. The van der Waals surface area contributed by atoms with Crippen LogP contribution >= 0.6 is 0 Å². The maximum Gasteiger partial charge on any atom is 0.315 e. The van der Waals surface area contributed by atoms with E-state index in [1.54, 1.807) is 18.2 Å². The largest absolute Gasteiger partial charge is 0.334 e. The second kappa shape index (κ2) is 5.85. The monoisotopic (exact) mass is 224 g/mol. The van der Waals surface area contributed by atoms with Crippen LogP contribution < -0.4 is 10.6 Å². The molecule has 16 heavy (non-hydrogen) atoms. The lowest BCUT2D eigenvalue weighted by Gasteiger charge is -2.06. The van der Waals surface area contributed by atoms with Crippen molar-refractivity contribution in [2.24, 2.45) is 0 Å². The highest BCUT2D eigenvalue weighted by atomic mass is 19.1. The molecule has 1 aromatic carbocycles. The van der Waals surface area contributed by atoms with E-state index in [-0.39, 0.29) is 24.7 Å². The first-order chi connectivity index (χ1) is 7.59. The van der Waals surface area contributed by atoms with Crippen LogP contribution in [0.4, 0.5) is 9.18 Å². The van der Waals surface area contributed by atoms with E-state index in [9.17, 15) is 14.0 Å². The number of halogens is 1. The minimum Gasteiger partial charge on any atom is -0.334 e. The van der Waals surface area contributed by atoms with Gasteiger partial charge in [0.2, 0.25) is 0 Å². The van der Waals surface area contributed by atoms with Crippen LogP contribution in [0.1, 0.15) is 12.5 Å². The molecule has 2 N–H and O–H groups in total. The molecule has 0 spiro atoms. The highest BCUT2D eigenvalue weighted by Crippen LogP contribution is 2.04. The van der Waals surface area contributed by atoms with Crippen molar-refractivity contribution in [2.45, 2.75) is 13.5 Å². The zero-order chi connectivity index (χ0) is 12.0. The molecule has 0 aliphatic heterocycles. The van der Waals surface area contributed by atoms with Crippen LogP contribution in [0.3, 0.4) is 0 Å². The van der Waals surface area contributed by atoms with Crippen LogP contribution in [0, 0.1) is 5.82 Å². The quantitative estimate of drug-likeness (QED) is 0.807. The molecule has 0 atom stereocenters. The minimum atomic E-state index is -0.488. The summed E-state index contributed by atoms with van der Waals surface area (Å²) in [6.45, 7) is 1.44. The van der Waals surface area contributed by atoms with Gasteiger partial charge in [0.05, 0.1) is 6.54 Å². The van der Waals surface area contributed by atoms with Crippen molar-refractivity contribution in [3.05, 3.63) is 35.6 Å². The van der Waals surface area contributed by atoms with Gasteiger partial charge in [-0.2, -0.15) is 0 Å². The Bertz CT molecular complexity index is 393. The Balaban J connectivity index is 2.37. The summed E-state index contributed by atoms with van der Waals surface area (Å²) in [6.07, 6.45) is 0. The highest BCUT2D eigenvalue weighted by Gasteiger charge is 2.04. The molecule has 1 aromatic rings. The molecule has 0 saturated heterocycles. The van der Waals surface area contributed by atoms with E-state index in [1.165, 1.54) is 13.0 Å². The second-order valence-electron chi connectivity index (χ2n) is 3.33. The Morgan fingerprint density at radius 3 is 2.56 bits per heavy atom. The number of ketones is 1. The molecular formula is C11H13FN2O2. The fourth-order valence-corrected chi connectivity index (χ4v) is 1.08. The second-order valence-corrected chi connectivity index (χ2v) is 3.33. The lowest BCUT2D eigenvalue weighted by atomic mass is 10.2. The van der Waals surface area contributed by atoms with Gasteiger partial charge in [-0.1, -0.05) is 18.2 Å². The van der Waals surface area contributed by atoms with Gasteiger partial charge in [0, 0.05) is 12.1 Å². The topological polar surface area (TPSA) is 58.2 Å². The van der Waals surface area contributed by atoms with Crippen LogP contribution in [0.2, 0.25) is 0 Å². The number of nitrogens with one attached hydrogen (secondary N) is 2. The molecule has 1 rings (SSSR count). The van der Waals surface area contributed by atoms with Crippen LogP contribution in [0.15, 0.2) is 24.3 Å². The number of carbonyl (C=O) groups is 2. The van der Waals surface area contributed by atoms with E-state index < -0.39 is 6.03 Å². The number of hydrogen-bond acceptors (Lipinski definition) is 2. The molecule has 0 bridgehead atoms. The Kier molecular flexibility index (Phi) is 4.44. The molecule has 0 aliphatic carbocycles. The Morgan fingerprint density at radius 2 is 1.94 bits per heavy atom. The van der Waals surface area contributed by atoms with E-state index in [1.807, 2.05) is 0 Å². The molecule has 5 heteroatoms. The van der Waals surface area contributed by atoms with Crippen molar-refractivity contribution in [2.75, 3.05) is 6.54 Å². The molecule has 86 valence electrons. The van der Waals surface area contributed by atoms with Gasteiger partial charge in [-0.05, 0) is 13.0 Å². The van der Waals surface area contributed by atoms with Crippen LogP contribution in [-0.4, -0.2) is 18.4 Å².